The third-order valence-corrected chi connectivity index (χ3v) is 5.81. The number of halogens is 4. The third-order valence-electron chi connectivity index (χ3n) is 5.81. The van der Waals surface area contributed by atoms with Crippen molar-refractivity contribution in [2.24, 2.45) is 0 Å². The molecule has 1 aromatic carbocycles. The van der Waals surface area contributed by atoms with Crippen LogP contribution in [-0.2, 0) is 6.18 Å². The lowest BCUT2D eigenvalue weighted by atomic mass is 9.95. The minimum Gasteiger partial charge on any atom is -0.365 e. The highest BCUT2D eigenvalue weighted by molar-refractivity contribution is 5.98. The van der Waals surface area contributed by atoms with Crippen molar-refractivity contribution in [1.82, 2.24) is 24.9 Å². The van der Waals surface area contributed by atoms with Crippen LogP contribution in [0.5, 0.6) is 0 Å². The van der Waals surface area contributed by atoms with Gasteiger partial charge in [-0.2, -0.15) is 28.2 Å². The van der Waals surface area contributed by atoms with Gasteiger partial charge in [0.05, 0.1) is 23.5 Å². The number of anilines is 1. The Hall–Kier alpha value is -3.50. The highest BCUT2D eigenvalue weighted by atomic mass is 19.4. The molecule has 1 aliphatic rings. The van der Waals surface area contributed by atoms with Gasteiger partial charge in [-0.05, 0) is 50.5 Å². The summed E-state index contributed by atoms with van der Waals surface area (Å²) in [5, 5.41) is 11.2. The van der Waals surface area contributed by atoms with Crippen molar-refractivity contribution in [3.8, 4) is 5.69 Å². The second-order valence-corrected chi connectivity index (χ2v) is 8.00. The molecule has 1 N–H and O–H groups in total. The Kier molecular flexibility index (Phi) is 6.05. The Morgan fingerprint density at radius 1 is 1.18 bits per heavy atom. The van der Waals surface area contributed by atoms with Crippen LogP contribution in [0.2, 0.25) is 0 Å². The van der Waals surface area contributed by atoms with Crippen molar-refractivity contribution in [3.05, 3.63) is 65.4 Å². The van der Waals surface area contributed by atoms with Crippen LogP contribution in [0.3, 0.4) is 0 Å². The number of aryl methyl sites for hydroxylation is 1. The molecule has 2 atom stereocenters. The first-order valence-corrected chi connectivity index (χ1v) is 10.4. The standard InChI is InChI=1S/C22H22F4N6O/c1-13-10-16(19(11-17(13)23)32-28-7-8-29-32)21(33)31-9-3-4-18(14(31)2)30-20-6-5-15(12-27-20)22(24,25)26/h5-8,10-12,14,18H,3-4,9H2,1-2H3,(H,27,30)/t14-,18+/m0/s1. The van der Waals surface area contributed by atoms with E-state index in [0.717, 1.165) is 12.3 Å². The zero-order valence-electron chi connectivity index (χ0n) is 18.0. The van der Waals surface area contributed by atoms with E-state index in [-0.39, 0.29) is 29.2 Å². The lowest BCUT2D eigenvalue weighted by Gasteiger charge is -2.40. The molecular weight excluding hydrogens is 440 g/mol. The van der Waals surface area contributed by atoms with Gasteiger partial charge in [-0.3, -0.25) is 4.79 Å². The molecule has 0 bridgehead atoms. The van der Waals surface area contributed by atoms with Gasteiger partial charge in [-0.25, -0.2) is 9.37 Å². The minimum absolute atomic E-state index is 0.222. The molecule has 1 amide bonds. The first-order valence-electron chi connectivity index (χ1n) is 10.4. The number of likely N-dealkylation sites (tertiary alicyclic amines) is 1. The van der Waals surface area contributed by atoms with Gasteiger partial charge in [0.1, 0.15) is 17.3 Å². The molecule has 0 aliphatic carbocycles. The van der Waals surface area contributed by atoms with Crippen molar-refractivity contribution >= 4 is 11.7 Å². The predicted octanol–water partition coefficient (Wildman–Crippen LogP) is 4.23. The van der Waals surface area contributed by atoms with E-state index in [4.69, 9.17) is 0 Å². The van der Waals surface area contributed by atoms with E-state index < -0.39 is 17.6 Å². The number of carbonyl (C=O) groups excluding carboxylic acids is 1. The molecule has 1 fully saturated rings. The first kappa shape index (κ1) is 22.7. The summed E-state index contributed by atoms with van der Waals surface area (Å²) in [7, 11) is 0. The van der Waals surface area contributed by atoms with Crippen LogP contribution < -0.4 is 5.32 Å². The molecule has 4 rings (SSSR count). The van der Waals surface area contributed by atoms with Crippen LogP contribution in [0.1, 0.15) is 41.3 Å². The number of rotatable bonds is 4. The van der Waals surface area contributed by atoms with Gasteiger partial charge < -0.3 is 10.2 Å². The zero-order valence-corrected chi connectivity index (χ0v) is 18.0. The van der Waals surface area contributed by atoms with Gasteiger partial charge in [0, 0.05) is 30.9 Å². The third kappa shape index (κ3) is 4.67. The number of amides is 1. The van der Waals surface area contributed by atoms with E-state index in [2.05, 4.69) is 20.5 Å². The van der Waals surface area contributed by atoms with E-state index in [9.17, 15) is 22.4 Å². The molecule has 11 heteroatoms. The number of aromatic nitrogens is 4. The summed E-state index contributed by atoms with van der Waals surface area (Å²) in [4.78, 5) is 20.3. The van der Waals surface area contributed by atoms with Crippen molar-refractivity contribution in [2.75, 3.05) is 11.9 Å². The predicted molar refractivity (Wildman–Crippen MR) is 112 cm³/mol. The van der Waals surface area contributed by atoms with Gasteiger partial charge in [-0.15, -0.1) is 0 Å². The summed E-state index contributed by atoms with van der Waals surface area (Å²) in [6.45, 7) is 3.93. The van der Waals surface area contributed by atoms with Crippen molar-refractivity contribution in [2.45, 2.75) is 44.9 Å². The van der Waals surface area contributed by atoms with Crippen molar-refractivity contribution < 1.29 is 22.4 Å². The van der Waals surface area contributed by atoms with Gasteiger partial charge >= 0.3 is 6.18 Å². The summed E-state index contributed by atoms with van der Waals surface area (Å²) >= 11 is 0. The number of nitrogens with one attached hydrogen (secondary N) is 1. The second kappa shape index (κ2) is 8.80. The average Bonchev–Trinajstić information content (AvgIpc) is 3.31. The molecule has 0 radical (unpaired) electrons. The zero-order chi connectivity index (χ0) is 23.8. The number of hydrogen-bond acceptors (Lipinski definition) is 5. The summed E-state index contributed by atoms with van der Waals surface area (Å²) in [5.41, 5.74) is 0.000536. The Bertz CT molecular complexity index is 1130. The monoisotopic (exact) mass is 462 g/mol. The van der Waals surface area contributed by atoms with E-state index in [1.807, 2.05) is 6.92 Å². The normalized spacial score (nSPS) is 18.9. The highest BCUT2D eigenvalue weighted by Gasteiger charge is 2.34. The molecule has 1 saturated heterocycles. The number of benzene rings is 1. The fourth-order valence-corrected chi connectivity index (χ4v) is 3.96. The lowest BCUT2D eigenvalue weighted by molar-refractivity contribution is -0.137. The molecule has 33 heavy (non-hydrogen) atoms. The van der Waals surface area contributed by atoms with Gasteiger partial charge in [0.2, 0.25) is 0 Å². The summed E-state index contributed by atoms with van der Waals surface area (Å²) in [6.07, 6.45) is 0.595. The van der Waals surface area contributed by atoms with E-state index in [0.29, 0.717) is 30.8 Å². The Morgan fingerprint density at radius 2 is 1.91 bits per heavy atom. The molecule has 7 nitrogen and oxygen atoms in total. The molecule has 0 saturated carbocycles. The van der Waals surface area contributed by atoms with Crippen LogP contribution in [0.4, 0.5) is 23.4 Å². The second-order valence-electron chi connectivity index (χ2n) is 8.00. The maximum absolute atomic E-state index is 14.3. The first-order chi connectivity index (χ1) is 15.6. The van der Waals surface area contributed by atoms with Crippen LogP contribution in [0.25, 0.3) is 5.69 Å². The number of nitrogens with zero attached hydrogens (tertiary/aromatic N) is 5. The number of piperidine rings is 1. The fourth-order valence-electron chi connectivity index (χ4n) is 3.96. The smallest absolute Gasteiger partial charge is 0.365 e. The van der Waals surface area contributed by atoms with Crippen LogP contribution >= 0.6 is 0 Å². The summed E-state index contributed by atoms with van der Waals surface area (Å²) < 4.78 is 52.6. The Balaban J connectivity index is 1.57. The van der Waals surface area contributed by atoms with Gasteiger partial charge in [-0.1, -0.05) is 0 Å². The molecule has 0 spiro atoms. The van der Waals surface area contributed by atoms with Crippen LogP contribution in [0, 0.1) is 12.7 Å². The average molecular weight is 462 g/mol. The van der Waals surface area contributed by atoms with Crippen LogP contribution in [0.15, 0.2) is 42.9 Å². The molecule has 0 unspecified atom stereocenters. The number of hydrogen-bond donors (Lipinski definition) is 1. The molecular formula is C22H22F4N6O. The molecule has 174 valence electrons. The molecule has 1 aliphatic heterocycles. The quantitative estimate of drug-likeness (QED) is 0.588. The molecule has 3 heterocycles. The van der Waals surface area contributed by atoms with E-state index >= 15 is 0 Å². The largest absolute Gasteiger partial charge is 0.417 e. The van der Waals surface area contributed by atoms with E-state index in [1.54, 1.807) is 11.8 Å². The molecule has 3 aromatic rings. The topological polar surface area (TPSA) is 75.9 Å². The minimum atomic E-state index is -4.46. The van der Waals surface area contributed by atoms with Gasteiger partial charge in [0.25, 0.3) is 5.91 Å². The van der Waals surface area contributed by atoms with Crippen molar-refractivity contribution in [3.63, 3.8) is 0 Å². The van der Waals surface area contributed by atoms with Crippen LogP contribution in [-0.4, -0.2) is 49.4 Å². The van der Waals surface area contributed by atoms with Crippen molar-refractivity contribution in [1.29, 1.82) is 0 Å². The Morgan fingerprint density at radius 3 is 2.55 bits per heavy atom. The highest BCUT2D eigenvalue weighted by Crippen LogP contribution is 2.30. The SMILES string of the molecule is Cc1cc(C(=O)N2CCC[C@@H](Nc3ccc(C(F)(F)F)cn3)[C@@H]2C)c(-n2nccn2)cc1F. The summed E-state index contributed by atoms with van der Waals surface area (Å²) in [5.74, 6) is -0.476. The number of carbonyl (C=O) groups is 1. The fraction of sp³-hybridized carbons (Fsp3) is 0.364. The maximum Gasteiger partial charge on any atom is 0.417 e. The lowest BCUT2D eigenvalue weighted by Crippen LogP contribution is -2.52. The number of alkyl halides is 3. The van der Waals surface area contributed by atoms with E-state index in [1.165, 1.54) is 35.4 Å². The number of pyridine rings is 1. The molecule has 2 aromatic heterocycles. The Labute approximate surface area is 187 Å². The maximum atomic E-state index is 14.3. The summed E-state index contributed by atoms with van der Waals surface area (Å²) in [6, 6.07) is 4.45. The van der Waals surface area contributed by atoms with Gasteiger partial charge in [0.15, 0.2) is 0 Å².